The first-order valence-electron chi connectivity index (χ1n) is 11.0. The predicted octanol–water partition coefficient (Wildman–Crippen LogP) is 4.98. The Morgan fingerprint density at radius 3 is 2.28 bits per heavy atom. The van der Waals surface area contributed by atoms with Gasteiger partial charge in [0, 0.05) is 41.2 Å². The molecule has 0 aromatic heterocycles. The zero-order valence-electron chi connectivity index (χ0n) is 18.5. The van der Waals surface area contributed by atoms with E-state index < -0.39 is 10.0 Å². The lowest BCUT2D eigenvalue weighted by Gasteiger charge is -2.30. The van der Waals surface area contributed by atoms with Gasteiger partial charge in [-0.05, 0) is 54.5 Å². The maximum Gasteiger partial charge on any atom is 0.223 e. The summed E-state index contributed by atoms with van der Waals surface area (Å²) in [4.78, 5) is 12.7. The number of nitrogens with zero attached hydrogens (tertiary/aromatic N) is 1. The second-order valence-electron chi connectivity index (χ2n) is 8.16. The molecule has 2 aromatic rings. The van der Waals surface area contributed by atoms with Crippen LogP contribution in [-0.4, -0.2) is 31.7 Å². The Bertz CT molecular complexity index is 1040. The fourth-order valence-corrected chi connectivity index (χ4v) is 6.39. The van der Waals surface area contributed by atoms with Crippen LogP contribution in [0.25, 0.3) is 0 Å². The minimum atomic E-state index is -3.57. The molecule has 0 spiro atoms. The molecule has 0 radical (unpaired) electrons. The minimum Gasteiger partial charge on any atom is -0.352 e. The van der Waals surface area contributed by atoms with Crippen LogP contribution in [0, 0.1) is 5.92 Å². The van der Waals surface area contributed by atoms with Crippen molar-refractivity contribution in [1.29, 1.82) is 0 Å². The lowest BCUT2D eigenvalue weighted by atomic mass is 9.96. The second kappa shape index (κ2) is 11.0. The third-order valence-electron chi connectivity index (χ3n) is 6.12. The smallest absolute Gasteiger partial charge is 0.223 e. The van der Waals surface area contributed by atoms with Gasteiger partial charge in [-0.2, -0.15) is 0 Å². The van der Waals surface area contributed by atoms with Gasteiger partial charge in [-0.3, -0.25) is 4.79 Å². The summed E-state index contributed by atoms with van der Waals surface area (Å²) in [6.07, 6.45) is 2.87. The molecule has 0 bridgehead atoms. The van der Waals surface area contributed by atoms with E-state index in [-0.39, 0.29) is 17.6 Å². The summed E-state index contributed by atoms with van der Waals surface area (Å²) in [6.45, 7) is 5.35. The predicted molar refractivity (Wildman–Crippen MR) is 130 cm³/mol. The molecule has 0 saturated carbocycles. The van der Waals surface area contributed by atoms with E-state index in [1.807, 2.05) is 0 Å². The van der Waals surface area contributed by atoms with Crippen LogP contribution in [0.4, 0.5) is 0 Å². The molecule has 32 heavy (non-hydrogen) atoms. The Hall–Kier alpha value is -1.60. The SMILES string of the molecule is CCc1ccc(CC)c(CNC(=O)C2CCN(S(=O)(=O)Cc3c(Cl)cccc3Cl)CC2)c1. The number of piperidine rings is 1. The van der Waals surface area contributed by atoms with E-state index >= 15 is 0 Å². The van der Waals surface area contributed by atoms with Crippen LogP contribution in [0.5, 0.6) is 0 Å². The molecule has 0 unspecified atom stereocenters. The number of hydrogen-bond donors (Lipinski definition) is 1. The molecule has 5 nitrogen and oxygen atoms in total. The van der Waals surface area contributed by atoms with Crippen molar-refractivity contribution in [3.05, 3.63) is 68.7 Å². The van der Waals surface area contributed by atoms with E-state index in [0.29, 0.717) is 48.1 Å². The number of amides is 1. The van der Waals surface area contributed by atoms with Crippen molar-refractivity contribution in [3.8, 4) is 0 Å². The number of halogens is 2. The second-order valence-corrected chi connectivity index (χ2v) is 10.9. The topological polar surface area (TPSA) is 66.5 Å². The van der Waals surface area contributed by atoms with Crippen molar-refractivity contribution < 1.29 is 13.2 Å². The summed E-state index contributed by atoms with van der Waals surface area (Å²) in [7, 11) is -3.57. The summed E-state index contributed by atoms with van der Waals surface area (Å²) in [5.41, 5.74) is 4.05. The molecule has 1 fully saturated rings. The Morgan fingerprint density at radius 2 is 1.69 bits per heavy atom. The van der Waals surface area contributed by atoms with Crippen LogP contribution in [0.1, 0.15) is 48.9 Å². The zero-order valence-corrected chi connectivity index (χ0v) is 20.9. The van der Waals surface area contributed by atoms with E-state index in [1.165, 1.54) is 15.4 Å². The molecule has 1 amide bonds. The number of carbonyl (C=O) groups excluding carboxylic acids is 1. The highest BCUT2D eigenvalue weighted by Crippen LogP contribution is 2.29. The van der Waals surface area contributed by atoms with Gasteiger partial charge in [0.25, 0.3) is 0 Å². The van der Waals surface area contributed by atoms with Gasteiger partial charge in [0.15, 0.2) is 0 Å². The van der Waals surface area contributed by atoms with E-state index in [4.69, 9.17) is 23.2 Å². The summed E-state index contributed by atoms with van der Waals surface area (Å²) in [5, 5.41) is 3.74. The van der Waals surface area contributed by atoms with Crippen LogP contribution in [0.3, 0.4) is 0 Å². The van der Waals surface area contributed by atoms with Crippen LogP contribution < -0.4 is 5.32 Å². The Kier molecular flexibility index (Phi) is 8.62. The fraction of sp³-hybridized carbons (Fsp3) is 0.458. The number of rotatable bonds is 8. The third-order valence-corrected chi connectivity index (χ3v) is 8.63. The Morgan fingerprint density at radius 1 is 1.03 bits per heavy atom. The molecule has 1 N–H and O–H groups in total. The number of hydrogen-bond acceptors (Lipinski definition) is 3. The quantitative estimate of drug-likeness (QED) is 0.560. The minimum absolute atomic E-state index is 0.0137. The highest BCUT2D eigenvalue weighted by molar-refractivity contribution is 7.88. The van der Waals surface area contributed by atoms with Gasteiger partial charge in [-0.25, -0.2) is 12.7 Å². The van der Waals surface area contributed by atoms with Crippen molar-refractivity contribution in [2.75, 3.05) is 13.1 Å². The molecule has 1 aliphatic rings. The summed E-state index contributed by atoms with van der Waals surface area (Å²) >= 11 is 12.3. The number of nitrogens with one attached hydrogen (secondary N) is 1. The summed E-state index contributed by atoms with van der Waals surface area (Å²) in [5.74, 6) is -0.444. The molecule has 8 heteroatoms. The normalized spacial score (nSPS) is 15.6. The van der Waals surface area contributed by atoms with E-state index in [2.05, 4.69) is 37.4 Å². The average Bonchev–Trinajstić information content (AvgIpc) is 2.79. The molecule has 0 atom stereocenters. The zero-order chi connectivity index (χ0) is 23.3. The molecule has 1 heterocycles. The van der Waals surface area contributed by atoms with Gasteiger partial charge in [0.05, 0.1) is 5.75 Å². The van der Waals surface area contributed by atoms with Gasteiger partial charge >= 0.3 is 0 Å². The van der Waals surface area contributed by atoms with Crippen molar-refractivity contribution in [3.63, 3.8) is 0 Å². The first-order chi connectivity index (χ1) is 15.2. The van der Waals surface area contributed by atoms with E-state index in [9.17, 15) is 13.2 Å². The fourth-order valence-electron chi connectivity index (χ4n) is 4.08. The van der Waals surface area contributed by atoms with E-state index in [1.54, 1.807) is 18.2 Å². The first-order valence-corrected chi connectivity index (χ1v) is 13.4. The summed E-state index contributed by atoms with van der Waals surface area (Å²) < 4.78 is 27.2. The third kappa shape index (κ3) is 6.04. The lowest BCUT2D eigenvalue weighted by molar-refractivity contribution is -0.126. The van der Waals surface area contributed by atoms with Crippen molar-refractivity contribution in [2.24, 2.45) is 5.92 Å². The van der Waals surface area contributed by atoms with Crippen LogP contribution >= 0.6 is 23.2 Å². The molecule has 1 saturated heterocycles. The van der Waals surface area contributed by atoms with Gasteiger partial charge < -0.3 is 5.32 Å². The molecule has 1 aliphatic heterocycles. The van der Waals surface area contributed by atoms with Crippen LogP contribution in [0.15, 0.2) is 36.4 Å². The highest BCUT2D eigenvalue weighted by atomic mass is 35.5. The molecular weight excluding hydrogens is 467 g/mol. The molecular formula is C24H30Cl2N2O3S. The van der Waals surface area contributed by atoms with Gasteiger partial charge in [-0.1, -0.05) is 61.3 Å². The van der Waals surface area contributed by atoms with Crippen LogP contribution in [-0.2, 0) is 40.0 Å². The van der Waals surface area contributed by atoms with Crippen molar-refractivity contribution in [1.82, 2.24) is 9.62 Å². The number of carbonyl (C=O) groups is 1. The van der Waals surface area contributed by atoms with Gasteiger partial charge in [0.1, 0.15) is 0 Å². The van der Waals surface area contributed by atoms with Crippen molar-refractivity contribution in [2.45, 2.75) is 51.8 Å². The van der Waals surface area contributed by atoms with E-state index in [0.717, 1.165) is 18.4 Å². The molecule has 3 rings (SSSR count). The Balaban J connectivity index is 1.57. The standard InChI is InChI=1S/C24H30Cl2N2O3S/c1-3-17-8-9-18(4-2)20(14-17)15-27-24(29)19-10-12-28(13-11-19)32(30,31)16-21-22(25)6-5-7-23(21)26/h5-9,14,19H,3-4,10-13,15-16H2,1-2H3,(H,27,29). The maximum absolute atomic E-state index is 12.9. The summed E-state index contributed by atoms with van der Waals surface area (Å²) in [6, 6.07) is 11.4. The molecule has 174 valence electrons. The molecule has 2 aromatic carbocycles. The molecule has 0 aliphatic carbocycles. The number of aryl methyl sites for hydroxylation is 2. The highest BCUT2D eigenvalue weighted by Gasteiger charge is 2.32. The van der Waals surface area contributed by atoms with Gasteiger partial charge in [-0.15, -0.1) is 0 Å². The van der Waals surface area contributed by atoms with Gasteiger partial charge in [0.2, 0.25) is 15.9 Å². The monoisotopic (exact) mass is 496 g/mol. The number of sulfonamides is 1. The number of benzene rings is 2. The van der Waals surface area contributed by atoms with Crippen LogP contribution in [0.2, 0.25) is 10.0 Å². The largest absolute Gasteiger partial charge is 0.352 e. The average molecular weight is 497 g/mol. The first kappa shape index (κ1) is 25.0. The maximum atomic E-state index is 12.9. The van der Waals surface area contributed by atoms with Crippen molar-refractivity contribution >= 4 is 39.1 Å². The lowest BCUT2D eigenvalue weighted by Crippen LogP contribution is -2.43. The Labute approximate surface area is 201 Å².